The lowest BCUT2D eigenvalue weighted by Gasteiger charge is -2.31. The average molecular weight is 373 g/mol. The number of anilines is 1. The van der Waals surface area contributed by atoms with Gasteiger partial charge in [-0.3, -0.25) is 0 Å². The van der Waals surface area contributed by atoms with Gasteiger partial charge >= 0.3 is 6.03 Å². The third-order valence-corrected chi connectivity index (χ3v) is 4.99. The van der Waals surface area contributed by atoms with Gasteiger partial charge in [0.15, 0.2) is 0 Å². The second-order valence-electron chi connectivity index (χ2n) is 6.86. The van der Waals surface area contributed by atoms with Crippen LogP contribution in [0.15, 0.2) is 42.6 Å². The molecule has 138 valence electrons. The number of aromatic nitrogens is 1. The van der Waals surface area contributed by atoms with Crippen LogP contribution in [0.2, 0.25) is 5.02 Å². The number of hydrogen-bond acceptors (Lipinski definition) is 3. The van der Waals surface area contributed by atoms with E-state index >= 15 is 0 Å². The Bertz CT molecular complexity index is 710. The summed E-state index contributed by atoms with van der Waals surface area (Å²) < 4.78 is 0. The Morgan fingerprint density at radius 2 is 1.69 bits per heavy atom. The van der Waals surface area contributed by atoms with Gasteiger partial charge < -0.3 is 15.5 Å². The molecule has 1 fully saturated rings. The molecule has 1 aliphatic heterocycles. The fourth-order valence-corrected chi connectivity index (χ4v) is 3.10. The van der Waals surface area contributed by atoms with E-state index in [4.69, 9.17) is 11.6 Å². The molecule has 0 bridgehead atoms. The molecule has 0 spiro atoms. The Labute approximate surface area is 159 Å². The quantitative estimate of drug-likeness (QED) is 0.834. The van der Waals surface area contributed by atoms with E-state index in [9.17, 15) is 4.79 Å². The second-order valence-corrected chi connectivity index (χ2v) is 7.29. The van der Waals surface area contributed by atoms with Crippen LogP contribution in [-0.2, 0) is 13.1 Å². The van der Waals surface area contributed by atoms with Crippen molar-refractivity contribution in [3.63, 3.8) is 0 Å². The van der Waals surface area contributed by atoms with Gasteiger partial charge in [0.1, 0.15) is 5.82 Å². The molecule has 3 rings (SSSR count). The summed E-state index contributed by atoms with van der Waals surface area (Å²) in [7, 11) is 0. The maximum absolute atomic E-state index is 11.9. The number of nitrogens with zero attached hydrogens (tertiary/aromatic N) is 2. The van der Waals surface area contributed by atoms with Crippen molar-refractivity contribution in [2.24, 2.45) is 5.92 Å². The van der Waals surface area contributed by atoms with Gasteiger partial charge in [-0.25, -0.2) is 9.78 Å². The molecule has 2 amide bonds. The Morgan fingerprint density at radius 3 is 2.31 bits per heavy atom. The molecule has 1 aromatic heterocycles. The first-order chi connectivity index (χ1) is 12.6. The van der Waals surface area contributed by atoms with Gasteiger partial charge in [-0.15, -0.1) is 0 Å². The highest BCUT2D eigenvalue weighted by Gasteiger charge is 2.16. The molecular formula is C20H25ClN4O. The van der Waals surface area contributed by atoms with E-state index in [2.05, 4.69) is 27.4 Å². The van der Waals surface area contributed by atoms with Crippen LogP contribution in [0.5, 0.6) is 0 Å². The number of amides is 2. The van der Waals surface area contributed by atoms with Gasteiger partial charge in [-0.1, -0.05) is 36.7 Å². The lowest BCUT2D eigenvalue weighted by atomic mass is 9.99. The SMILES string of the molecule is CC1CCN(c2ccc(CNC(=O)NCc3ccc(Cl)cc3)cn2)CC1. The predicted molar refractivity (Wildman–Crippen MR) is 105 cm³/mol. The predicted octanol–water partition coefficient (Wildman–Crippen LogP) is 3.97. The monoisotopic (exact) mass is 372 g/mol. The number of rotatable bonds is 5. The summed E-state index contributed by atoms with van der Waals surface area (Å²) in [5.74, 6) is 1.83. The molecule has 1 aliphatic rings. The molecule has 5 nitrogen and oxygen atoms in total. The fourth-order valence-electron chi connectivity index (χ4n) is 2.98. The van der Waals surface area contributed by atoms with Crippen molar-refractivity contribution in [2.45, 2.75) is 32.9 Å². The van der Waals surface area contributed by atoms with Crippen molar-refractivity contribution in [3.05, 3.63) is 58.7 Å². The van der Waals surface area contributed by atoms with Crippen LogP contribution in [-0.4, -0.2) is 24.1 Å². The fraction of sp³-hybridized carbons (Fsp3) is 0.400. The van der Waals surface area contributed by atoms with Crippen LogP contribution in [0.3, 0.4) is 0 Å². The number of carbonyl (C=O) groups is 1. The van der Waals surface area contributed by atoms with Crippen molar-refractivity contribution in [1.82, 2.24) is 15.6 Å². The van der Waals surface area contributed by atoms with Crippen LogP contribution in [0.1, 0.15) is 30.9 Å². The number of piperidine rings is 1. The summed E-state index contributed by atoms with van der Waals surface area (Å²) in [5.41, 5.74) is 1.99. The zero-order valence-electron chi connectivity index (χ0n) is 15.0. The Balaban J connectivity index is 1.42. The number of pyridine rings is 1. The summed E-state index contributed by atoms with van der Waals surface area (Å²) in [4.78, 5) is 18.8. The molecular weight excluding hydrogens is 348 g/mol. The molecule has 0 saturated carbocycles. The van der Waals surface area contributed by atoms with Crippen LogP contribution < -0.4 is 15.5 Å². The van der Waals surface area contributed by atoms with Crippen LogP contribution in [0.25, 0.3) is 0 Å². The Hall–Kier alpha value is -2.27. The van der Waals surface area contributed by atoms with Gasteiger partial charge in [0.25, 0.3) is 0 Å². The van der Waals surface area contributed by atoms with Gasteiger partial charge in [0.05, 0.1) is 0 Å². The molecule has 2 heterocycles. The highest BCUT2D eigenvalue weighted by atomic mass is 35.5. The van der Waals surface area contributed by atoms with E-state index < -0.39 is 0 Å². The van der Waals surface area contributed by atoms with Gasteiger partial charge in [0.2, 0.25) is 0 Å². The molecule has 0 unspecified atom stereocenters. The molecule has 0 aliphatic carbocycles. The van der Waals surface area contributed by atoms with Crippen molar-refractivity contribution >= 4 is 23.4 Å². The first kappa shape index (κ1) is 18.5. The van der Waals surface area contributed by atoms with Crippen molar-refractivity contribution in [2.75, 3.05) is 18.0 Å². The number of halogens is 1. The van der Waals surface area contributed by atoms with Gasteiger partial charge in [0, 0.05) is 37.4 Å². The molecule has 0 radical (unpaired) electrons. The van der Waals surface area contributed by atoms with Crippen molar-refractivity contribution in [3.8, 4) is 0 Å². The molecule has 1 aromatic carbocycles. The highest BCUT2D eigenvalue weighted by Crippen LogP contribution is 2.21. The molecule has 2 aromatic rings. The summed E-state index contributed by atoms with van der Waals surface area (Å²) in [5, 5.41) is 6.38. The van der Waals surface area contributed by atoms with Crippen LogP contribution in [0, 0.1) is 5.92 Å². The number of urea groups is 1. The Kier molecular flexibility index (Phi) is 6.34. The smallest absolute Gasteiger partial charge is 0.315 e. The zero-order chi connectivity index (χ0) is 18.4. The van der Waals surface area contributed by atoms with E-state index in [1.807, 2.05) is 42.6 Å². The first-order valence-electron chi connectivity index (χ1n) is 9.06. The van der Waals surface area contributed by atoms with E-state index in [1.165, 1.54) is 12.8 Å². The molecule has 0 atom stereocenters. The molecule has 26 heavy (non-hydrogen) atoms. The topological polar surface area (TPSA) is 57.3 Å². The highest BCUT2D eigenvalue weighted by molar-refractivity contribution is 6.30. The lowest BCUT2D eigenvalue weighted by Crippen LogP contribution is -2.35. The third kappa shape index (κ3) is 5.36. The van der Waals surface area contributed by atoms with Crippen molar-refractivity contribution < 1.29 is 4.79 Å². The normalized spacial score (nSPS) is 14.9. The zero-order valence-corrected chi connectivity index (χ0v) is 15.8. The van der Waals surface area contributed by atoms with Crippen LogP contribution >= 0.6 is 11.6 Å². The molecule has 6 heteroatoms. The minimum atomic E-state index is -0.200. The maximum atomic E-state index is 11.9. The summed E-state index contributed by atoms with van der Waals surface area (Å²) in [6, 6.07) is 11.3. The van der Waals surface area contributed by atoms with Crippen LogP contribution in [0.4, 0.5) is 10.6 Å². The molecule has 1 saturated heterocycles. The van der Waals surface area contributed by atoms with E-state index in [0.717, 1.165) is 36.0 Å². The minimum Gasteiger partial charge on any atom is -0.357 e. The van der Waals surface area contributed by atoms with Gasteiger partial charge in [-0.2, -0.15) is 0 Å². The average Bonchev–Trinajstić information content (AvgIpc) is 2.67. The van der Waals surface area contributed by atoms with E-state index in [0.29, 0.717) is 18.1 Å². The summed E-state index contributed by atoms with van der Waals surface area (Å²) in [6.45, 7) is 5.36. The summed E-state index contributed by atoms with van der Waals surface area (Å²) in [6.07, 6.45) is 4.28. The largest absolute Gasteiger partial charge is 0.357 e. The number of benzene rings is 1. The molecule has 2 N–H and O–H groups in total. The van der Waals surface area contributed by atoms with Gasteiger partial charge in [-0.05, 0) is 48.1 Å². The van der Waals surface area contributed by atoms with E-state index in [1.54, 1.807) is 0 Å². The third-order valence-electron chi connectivity index (χ3n) is 4.74. The van der Waals surface area contributed by atoms with Crippen molar-refractivity contribution in [1.29, 1.82) is 0 Å². The standard InChI is InChI=1S/C20H25ClN4O/c1-15-8-10-25(11-9-15)19-7-4-17(13-22-19)14-24-20(26)23-12-16-2-5-18(21)6-3-16/h2-7,13,15H,8-12,14H2,1H3,(H2,23,24,26). The first-order valence-corrected chi connectivity index (χ1v) is 9.44. The maximum Gasteiger partial charge on any atom is 0.315 e. The lowest BCUT2D eigenvalue weighted by molar-refractivity contribution is 0.240. The minimum absolute atomic E-state index is 0.200. The number of hydrogen-bond donors (Lipinski definition) is 2. The Morgan fingerprint density at radius 1 is 1.08 bits per heavy atom. The summed E-state index contributed by atoms with van der Waals surface area (Å²) >= 11 is 5.85. The van der Waals surface area contributed by atoms with E-state index in [-0.39, 0.29) is 6.03 Å². The second kappa shape index (κ2) is 8.90. The number of carbonyl (C=O) groups excluding carboxylic acids is 1. The number of nitrogens with one attached hydrogen (secondary N) is 2.